The van der Waals surface area contributed by atoms with Gasteiger partial charge in [0.15, 0.2) is 11.6 Å². The van der Waals surface area contributed by atoms with Gasteiger partial charge in [0, 0.05) is 11.8 Å². The predicted molar refractivity (Wildman–Crippen MR) is 77.3 cm³/mol. The fraction of sp³-hybridized carbons (Fsp3) is 0.312. The Bertz CT molecular complexity index is 617. The number of aromatic nitrogens is 1. The second-order valence-corrected chi connectivity index (χ2v) is 4.99. The summed E-state index contributed by atoms with van der Waals surface area (Å²) < 4.78 is 32.9. The van der Waals surface area contributed by atoms with Crippen LogP contribution in [-0.2, 0) is 0 Å². The highest BCUT2D eigenvalue weighted by atomic mass is 19.2. The van der Waals surface area contributed by atoms with Gasteiger partial charge in [-0.05, 0) is 38.6 Å². The van der Waals surface area contributed by atoms with E-state index in [4.69, 9.17) is 4.74 Å². The lowest BCUT2D eigenvalue weighted by molar-refractivity contribution is 0.241. The average Bonchev–Trinajstić information content (AvgIpc) is 2.44. The molecule has 0 spiro atoms. The van der Waals surface area contributed by atoms with E-state index in [9.17, 15) is 8.78 Å². The van der Waals surface area contributed by atoms with E-state index in [1.807, 2.05) is 13.8 Å². The topological polar surface area (TPSA) is 34.2 Å². The Balaban J connectivity index is 2.39. The quantitative estimate of drug-likeness (QED) is 0.916. The molecule has 2 aromatic rings. The minimum absolute atomic E-state index is 0.0148. The van der Waals surface area contributed by atoms with Gasteiger partial charge >= 0.3 is 0 Å². The third kappa shape index (κ3) is 3.55. The first-order chi connectivity index (χ1) is 10.0. The summed E-state index contributed by atoms with van der Waals surface area (Å²) in [5.74, 6) is -1.12. The van der Waals surface area contributed by atoms with Gasteiger partial charge in [0.1, 0.15) is 5.75 Å². The molecule has 0 aliphatic carbocycles. The number of hydrogen-bond donors (Lipinski definition) is 1. The van der Waals surface area contributed by atoms with Gasteiger partial charge < -0.3 is 10.1 Å². The van der Waals surface area contributed by atoms with Gasteiger partial charge in [-0.1, -0.05) is 12.1 Å². The number of rotatable bonds is 5. The van der Waals surface area contributed by atoms with Crippen molar-refractivity contribution in [1.82, 2.24) is 10.3 Å². The molecule has 2 rings (SSSR count). The highest BCUT2D eigenvalue weighted by molar-refractivity contribution is 5.35. The summed E-state index contributed by atoms with van der Waals surface area (Å²) in [7, 11) is 1.69. The van der Waals surface area contributed by atoms with Crippen molar-refractivity contribution >= 4 is 0 Å². The summed E-state index contributed by atoms with van der Waals surface area (Å²) in [5.41, 5.74) is 0.946. The first-order valence-electron chi connectivity index (χ1n) is 6.75. The van der Waals surface area contributed by atoms with E-state index in [0.29, 0.717) is 11.3 Å². The van der Waals surface area contributed by atoms with Crippen molar-refractivity contribution in [3.8, 4) is 5.75 Å². The molecule has 5 heteroatoms. The molecule has 112 valence electrons. The van der Waals surface area contributed by atoms with Crippen LogP contribution in [0.4, 0.5) is 8.78 Å². The lowest BCUT2D eigenvalue weighted by atomic mass is 9.99. The first-order valence-corrected chi connectivity index (χ1v) is 6.75. The van der Waals surface area contributed by atoms with Crippen LogP contribution >= 0.6 is 0 Å². The van der Waals surface area contributed by atoms with Crippen molar-refractivity contribution in [1.29, 1.82) is 0 Å². The molecule has 1 unspecified atom stereocenters. The summed E-state index contributed by atoms with van der Waals surface area (Å²) in [4.78, 5) is 4.10. The second kappa shape index (κ2) is 6.63. The number of nitrogens with one attached hydrogen (secondary N) is 1. The zero-order chi connectivity index (χ0) is 15.4. The Labute approximate surface area is 123 Å². The molecular formula is C16H18F2N2O. The lowest BCUT2D eigenvalue weighted by Gasteiger charge is -2.19. The predicted octanol–water partition coefficient (Wildman–Crippen LogP) is 3.46. The van der Waals surface area contributed by atoms with Gasteiger partial charge in [-0.15, -0.1) is 0 Å². The Kier molecular flexibility index (Phi) is 4.85. The van der Waals surface area contributed by atoms with Gasteiger partial charge in [0.2, 0.25) is 0 Å². The number of ether oxygens (including phenoxy) is 1. The van der Waals surface area contributed by atoms with Gasteiger partial charge in [0.05, 0.1) is 18.3 Å². The third-order valence-electron chi connectivity index (χ3n) is 3.02. The fourth-order valence-electron chi connectivity index (χ4n) is 2.18. The van der Waals surface area contributed by atoms with E-state index in [1.165, 1.54) is 6.07 Å². The maximum absolute atomic E-state index is 14.0. The van der Waals surface area contributed by atoms with Crippen molar-refractivity contribution < 1.29 is 13.5 Å². The molecule has 1 N–H and O–H groups in total. The van der Waals surface area contributed by atoms with Crippen LogP contribution in [0.2, 0.25) is 0 Å². The minimum Gasteiger partial charge on any atom is -0.489 e. The van der Waals surface area contributed by atoms with Crippen molar-refractivity contribution in [2.45, 2.75) is 26.0 Å². The molecule has 0 saturated heterocycles. The number of benzene rings is 1. The van der Waals surface area contributed by atoms with E-state index in [2.05, 4.69) is 10.3 Å². The standard InChI is InChI=1S/C16H18F2N2O/c1-10(2)21-12-7-11(8-20-9-12)16(19-3)13-5-4-6-14(17)15(13)18/h4-10,16,19H,1-3H3. The molecule has 0 saturated carbocycles. The molecule has 0 fully saturated rings. The largest absolute Gasteiger partial charge is 0.489 e. The van der Waals surface area contributed by atoms with Crippen LogP contribution in [0, 0.1) is 11.6 Å². The zero-order valence-corrected chi connectivity index (χ0v) is 12.2. The van der Waals surface area contributed by atoms with Crippen LogP contribution in [0.5, 0.6) is 5.75 Å². The Morgan fingerprint density at radius 1 is 1.19 bits per heavy atom. The molecule has 0 amide bonds. The van der Waals surface area contributed by atoms with E-state index in [-0.39, 0.29) is 11.7 Å². The van der Waals surface area contributed by atoms with E-state index in [0.717, 1.165) is 6.07 Å². The van der Waals surface area contributed by atoms with Gasteiger partial charge in [-0.3, -0.25) is 4.98 Å². The normalized spacial score (nSPS) is 12.5. The molecule has 0 bridgehead atoms. The molecular weight excluding hydrogens is 274 g/mol. The minimum atomic E-state index is -0.865. The molecule has 21 heavy (non-hydrogen) atoms. The Morgan fingerprint density at radius 2 is 1.95 bits per heavy atom. The molecule has 0 radical (unpaired) electrons. The van der Waals surface area contributed by atoms with Crippen LogP contribution in [0.15, 0.2) is 36.7 Å². The zero-order valence-electron chi connectivity index (χ0n) is 12.2. The number of hydrogen-bond acceptors (Lipinski definition) is 3. The van der Waals surface area contributed by atoms with Crippen LogP contribution in [0.1, 0.15) is 31.0 Å². The van der Waals surface area contributed by atoms with Crippen molar-refractivity contribution in [2.24, 2.45) is 0 Å². The van der Waals surface area contributed by atoms with E-state index in [1.54, 1.807) is 31.6 Å². The second-order valence-electron chi connectivity index (χ2n) is 4.99. The summed E-state index contributed by atoms with van der Waals surface area (Å²) in [6.45, 7) is 3.82. The summed E-state index contributed by atoms with van der Waals surface area (Å²) >= 11 is 0. The number of nitrogens with zero attached hydrogens (tertiary/aromatic N) is 1. The number of pyridine rings is 1. The Hall–Kier alpha value is -2.01. The molecule has 1 atom stereocenters. The third-order valence-corrected chi connectivity index (χ3v) is 3.02. The van der Waals surface area contributed by atoms with Gasteiger partial charge in [-0.2, -0.15) is 0 Å². The van der Waals surface area contributed by atoms with E-state index < -0.39 is 17.7 Å². The summed E-state index contributed by atoms with van der Waals surface area (Å²) in [6.07, 6.45) is 3.22. The maximum atomic E-state index is 14.0. The molecule has 0 aliphatic heterocycles. The smallest absolute Gasteiger partial charge is 0.163 e. The fourth-order valence-corrected chi connectivity index (χ4v) is 2.18. The highest BCUT2D eigenvalue weighted by Crippen LogP contribution is 2.27. The Morgan fingerprint density at radius 3 is 2.62 bits per heavy atom. The lowest BCUT2D eigenvalue weighted by Crippen LogP contribution is -2.20. The van der Waals surface area contributed by atoms with Crippen molar-refractivity contribution in [3.05, 3.63) is 59.4 Å². The average molecular weight is 292 g/mol. The summed E-state index contributed by atoms with van der Waals surface area (Å²) in [6, 6.07) is 5.42. The van der Waals surface area contributed by atoms with E-state index >= 15 is 0 Å². The van der Waals surface area contributed by atoms with Crippen molar-refractivity contribution in [3.63, 3.8) is 0 Å². The van der Waals surface area contributed by atoms with Crippen LogP contribution in [0.25, 0.3) is 0 Å². The SMILES string of the molecule is CNC(c1cncc(OC(C)C)c1)c1cccc(F)c1F. The highest BCUT2D eigenvalue weighted by Gasteiger charge is 2.19. The molecule has 1 aromatic carbocycles. The molecule has 0 aliphatic rings. The van der Waals surface area contributed by atoms with Crippen LogP contribution in [0.3, 0.4) is 0 Å². The number of halogens is 2. The maximum Gasteiger partial charge on any atom is 0.163 e. The molecule has 1 aromatic heterocycles. The van der Waals surface area contributed by atoms with Gasteiger partial charge in [-0.25, -0.2) is 8.78 Å². The van der Waals surface area contributed by atoms with Gasteiger partial charge in [0.25, 0.3) is 0 Å². The van der Waals surface area contributed by atoms with Crippen LogP contribution < -0.4 is 10.1 Å². The van der Waals surface area contributed by atoms with Crippen molar-refractivity contribution in [2.75, 3.05) is 7.05 Å². The molecule has 1 heterocycles. The monoisotopic (exact) mass is 292 g/mol. The molecule has 3 nitrogen and oxygen atoms in total. The first kappa shape index (κ1) is 15.4. The van der Waals surface area contributed by atoms with Crippen LogP contribution in [-0.4, -0.2) is 18.1 Å². The summed E-state index contributed by atoms with van der Waals surface area (Å²) in [5, 5.41) is 2.98.